The molecule has 3 heterocycles. The molecule has 2 fully saturated rings. The monoisotopic (exact) mass is 496 g/mol. The number of likely N-dealkylation sites (tertiary alicyclic amines) is 1. The maximum atomic E-state index is 14.2. The molecule has 192 valence electrons. The Hall–Kier alpha value is -3.30. The zero-order valence-electron chi connectivity index (χ0n) is 21.1. The highest BCUT2D eigenvalue weighted by atomic mass is 16.7. The van der Waals surface area contributed by atoms with Crippen molar-refractivity contribution in [1.82, 2.24) is 9.80 Å². The lowest BCUT2D eigenvalue weighted by Crippen LogP contribution is -2.51. The summed E-state index contributed by atoms with van der Waals surface area (Å²) in [5.74, 6) is 0.192. The Bertz CT molecular complexity index is 1130. The SMILES string of the molecule is COc1ccc([C@@H]2[C@H](C(=O)N3CCC4(CC3)OCCO4)c3cc(OC)c(OC)cc3C(=O)N2C)cc1. The standard InChI is InChI=1S/C27H32N2O7/c1-28-24(17-5-7-18(32-2)8-6-17)23(19-15-21(33-3)22(34-4)16-20(19)25(28)30)26(31)29-11-9-27(10-12-29)35-13-14-36-27/h5-8,15-16,23-24H,9-14H2,1-4H3/t23-,24-/m1/s1. The fraction of sp³-hybridized carbons (Fsp3) is 0.481. The number of ether oxygens (including phenoxy) is 5. The van der Waals surface area contributed by atoms with E-state index < -0.39 is 17.7 Å². The van der Waals surface area contributed by atoms with E-state index >= 15 is 0 Å². The molecule has 5 rings (SSSR count). The van der Waals surface area contributed by atoms with Gasteiger partial charge in [-0.15, -0.1) is 0 Å². The van der Waals surface area contributed by atoms with Gasteiger partial charge in [0.25, 0.3) is 5.91 Å². The maximum Gasteiger partial charge on any atom is 0.254 e. The first-order valence-electron chi connectivity index (χ1n) is 12.1. The van der Waals surface area contributed by atoms with Crippen molar-refractivity contribution < 1.29 is 33.3 Å². The smallest absolute Gasteiger partial charge is 0.254 e. The van der Waals surface area contributed by atoms with Crippen molar-refractivity contribution in [2.75, 3.05) is 54.7 Å². The number of fused-ring (bicyclic) bond motifs is 1. The molecule has 0 aromatic heterocycles. The Morgan fingerprint density at radius 3 is 2.14 bits per heavy atom. The molecule has 0 radical (unpaired) electrons. The lowest BCUT2D eigenvalue weighted by atomic mass is 9.78. The van der Waals surface area contributed by atoms with E-state index in [-0.39, 0.29) is 11.8 Å². The van der Waals surface area contributed by atoms with Crippen LogP contribution in [0.15, 0.2) is 36.4 Å². The number of carbonyl (C=O) groups excluding carboxylic acids is 2. The molecule has 2 aromatic carbocycles. The maximum absolute atomic E-state index is 14.2. The fourth-order valence-corrected chi connectivity index (χ4v) is 5.58. The van der Waals surface area contributed by atoms with Crippen molar-refractivity contribution in [2.45, 2.75) is 30.6 Å². The van der Waals surface area contributed by atoms with Crippen molar-refractivity contribution in [3.8, 4) is 17.2 Å². The topological polar surface area (TPSA) is 86.8 Å². The van der Waals surface area contributed by atoms with Gasteiger partial charge in [0.15, 0.2) is 17.3 Å². The molecule has 36 heavy (non-hydrogen) atoms. The van der Waals surface area contributed by atoms with E-state index in [0.717, 1.165) is 5.56 Å². The first kappa shape index (κ1) is 24.4. The van der Waals surface area contributed by atoms with Crippen LogP contribution < -0.4 is 14.2 Å². The number of carbonyl (C=O) groups is 2. The van der Waals surface area contributed by atoms with Gasteiger partial charge in [-0.1, -0.05) is 12.1 Å². The highest BCUT2D eigenvalue weighted by molar-refractivity contribution is 6.02. The summed E-state index contributed by atoms with van der Waals surface area (Å²) in [5.41, 5.74) is 1.92. The van der Waals surface area contributed by atoms with Gasteiger partial charge in [0.05, 0.1) is 46.5 Å². The van der Waals surface area contributed by atoms with Crippen LogP contribution in [0.2, 0.25) is 0 Å². The van der Waals surface area contributed by atoms with E-state index in [0.29, 0.717) is 67.5 Å². The van der Waals surface area contributed by atoms with Crippen LogP contribution in [0.4, 0.5) is 0 Å². The van der Waals surface area contributed by atoms with Crippen LogP contribution in [0.5, 0.6) is 17.2 Å². The molecular formula is C27H32N2O7. The van der Waals surface area contributed by atoms with E-state index in [1.807, 2.05) is 29.2 Å². The summed E-state index contributed by atoms with van der Waals surface area (Å²) < 4.78 is 28.0. The molecule has 0 aliphatic carbocycles. The van der Waals surface area contributed by atoms with Crippen LogP contribution in [-0.2, 0) is 14.3 Å². The number of methoxy groups -OCH3 is 3. The van der Waals surface area contributed by atoms with Gasteiger partial charge < -0.3 is 33.5 Å². The zero-order valence-corrected chi connectivity index (χ0v) is 21.1. The highest BCUT2D eigenvalue weighted by Gasteiger charge is 2.47. The molecule has 2 atom stereocenters. The molecule has 3 aliphatic rings. The molecule has 1 spiro atoms. The number of amides is 2. The summed E-state index contributed by atoms with van der Waals surface area (Å²) in [5, 5.41) is 0. The normalized spacial score (nSPS) is 22.9. The average molecular weight is 497 g/mol. The minimum absolute atomic E-state index is 0.0449. The molecule has 3 aliphatic heterocycles. The molecule has 9 nitrogen and oxygen atoms in total. The van der Waals surface area contributed by atoms with Crippen molar-refractivity contribution in [1.29, 1.82) is 0 Å². The minimum atomic E-state index is -0.629. The number of hydrogen-bond acceptors (Lipinski definition) is 7. The highest BCUT2D eigenvalue weighted by Crippen LogP contribution is 2.47. The third-order valence-electron chi connectivity index (χ3n) is 7.55. The lowest BCUT2D eigenvalue weighted by Gasteiger charge is -2.44. The number of likely N-dealkylation sites (N-methyl/N-ethyl adjacent to an activating group) is 1. The van der Waals surface area contributed by atoms with Crippen LogP contribution in [0, 0.1) is 0 Å². The second-order valence-corrected chi connectivity index (χ2v) is 9.34. The van der Waals surface area contributed by atoms with E-state index in [4.69, 9.17) is 23.7 Å². The van der Waals surface area contributed by atoms with Gasteiger partial charge >= 0.3 is 0 Å². The summed E-state index contributed by atoms with van der Waals surface area (Å²) in [7, 11) is 6.42. The van der Waals surface area contributed by atoms with Crippen LogP contribution >= 0.6 is 0 Å². The molecule has 2 aromatic rings. The molecule has 0 saturated carbocycles. The van der Waals surface area contributed by atoms with Gasteiger partial charge in [0.1, 0.15) is 5.75 Å². The largest absolute Gasteiger partial charge is 0.497 e. The molecular weight excluding hydrogens is 464 g/mol. The predicted octanol–water partition coefficient (Wildman–Crippen LogP) is 2.99. The van der Waals surface area contributed by atoms with Crippen molar-refractivity contribution in [2.24, 2.45) is 0 Å². The van der Waals surface area contributed by atoms with Gasteiger partial charge in [0.2, 0.25) is 5.91 Å². The Labute approximate surface area is 210 Å². The molecule has 0 unspecified atom stereocenters. The zero-order chi connectivity index (χ0) is 25.4. The predicted molar refractivity (Wildman–Crippen MR) is 131 cm³/mol. The third kappa shape index (κ3) is 4.06. The third-order valence-corrected chi connectivity index (χ3v) is 7.55. The molecule has 0 bridgehead atoms. The Balaban J connectivity index is 1.57. The van der Waals surface area contributed by atoms with E-state index in [1.165, 1.54) is 7.11 Å². The fourth-order valence-electron chi connectivity index (χ4n) is 5.58. The Morgan fingerprint density at radius 1 is 0.944 bits per heavy atom. The number of benzene rings is 2. The van der Waals surface area contributed by atoms with E-state index in [1.54, 1.807) is 38.3 Å². The molecule has 9 heteroatoms. The molecule has 0 N–H and O–H groups in total. The number of rotatable bonds is 5. The second-order valence-electron chi connectivity index (χ2n) is 9.34. The minimum Gasteiger partial charge on any atom is -0.497 e. The summed E-state index contributed by atoms with van der Waals surface area (Å²) in [6, 6.07) is 10.4. The van der Waals surface area contributed by atoms with Gasteiger partial charge in [-0.05, 0) is 35.4 Å². The quantitative estimate of drug-likeness (QED) is 0.629. The first-order valence-corrected chi connectivity index (χ1v) is 12.1. The lowest BCUT2D eigenvalue weighted by molar-refractivity contribution is -0.188. The van der Waals surface area contributed by atoms with E-state index in [9.17, 15) is 9.59 Å². The van der Waals surface area contributed by atoms with Crippen LogP contribution in [0.25, 0.3) is 0 Å². The summed E-state index contributed by atoms with van der Waals surface area (Å²) >= 11 is 0. The second kappa shape index (κ2) is 9.63. The van der Waals surface area contributed by atoms with Gasteiger partial charge in [-0.3, -0.25) is 9.59 Å². The molecule has 2 amide bonds. The summed E-state index contributed by atoms with van der Waals surface area (Å²) in [6.45, 7) is 2.20. The van der Waals surface area contributed by atoms with Crippen molar-refractivity contribution in [3.63, 3.8) is 0 Å². The van der Waals surface area contributed by atoms with Gasteiger partial charge in [-0.2, -0.15) is 0 Å². The average Bonchev–Trinajstić information content (AvgIpc) is 3.37. The number of nitrogens with zero attached hydrogens (tertiary/aromatic N) is 2. The van der Waals surface area contributed by atoms with Crippen LogP contribution in [-0.4, -0.2) is 82.1 Å². The van der Waals surface area contributed by atoms with Gasteiger partial charge in [0, 0.05) is 38.5 Å². The Kier molecular flexibility index (Phi) is 6.53. The number of piperidine rings is 1. The van der Waals surface area contributed by atoms with Crippen LogP contribution in [0.1, 0.15) is 46.3 Å². The van der Waals surface area contributed by atoms with Crippen molar-refractivity contribution >= 4 is 11.8 Å². The number of hydrogen-bond donors (Lipinski definition) is 0. The van der Waals surface area contributed by atoms with Crippen molar-refractivity contribution in [3.05, 3.63) is 53.1 Å². The summed E-state index contributed by atoms with van der Waals surface area (Å²) in [4.78, 5) is 31.3. The van der Waals surface area contributed by atoms with Gasteiger partial charge in [-0.25, -0.2) is 0 Å². The van der Waals surface area contributed by atoms with Crippen LogP contribution in [0.3, 0.4) is 0 Å². The Morgan fingerprint density at radius 2 is 1.56 bits per heavy atom. The molecule has 2 saturated heterocycles. The summed E-state index contributed by atoms with van der Waals surface area (Å²) in [6.07, 6.45) is 1.23. The first-order chi connectivity index (χ1) is 17.4. The van der Waals surface area contributed by atoms with E-state index in [2.05, 4.69) is 0 Å².